The topological polar surface area (TPSA) is 56.4 Å². The number of hydrogen-bond acceptors (Lipinski definition) is 2. The molecule has 0 unspecified atom stereocenters. The quantitative estimate of drug-likeness (QED) is 0.901. The van der Waals surface area contributed by atoms with Crippen molar-refractivity contribution in [1.82, 2.24) is 14.8 Å². The van der Waals surface area contributed by atoms with Gasteiger partial charge in [-0.2, -0.15) is 0 Å². The second kappa shape index (κ2) is 6.78. The standard InChI is InChI=1S/C21H27N3O2/c1-14-15(2)22-19-8-7-17(13-18(14)19)21(26)24-11-9-23(10-12-24)20(25)16-5-3-4-6-16/h7-8,13,16,22H,3-6,9-12H2,1-2H3. The van der Waals surface area contributed by atoms with Crippen molar-refractivity contribution in [3.05, 3.63) is 35.0 Å². The molecule has 2 fully saturated rings. The summed E-state index contributed by atoms with van der Waals surface area (Å²) in [5.74, 6) is 0.590. The molecule has 138 valence electrons. The minimum Gasteiger partial charge on any atom is -0.358 e. The van der Waals surface area contributed by atoms with E-state index in [4.69, 9.17) is 0 Å². The van der Waals surface area contributed by atoms with Crippen LogP contribution in [0, 0.1) is 19.8 Å². The van der Waals surface area contributed by atoms with E-state index in [1.54, 1.807) is 0 Å². The molecule has 0 spiro atoms. The Hall–Kier alpha value is -2.30. The van der Waals surface area contributed by atoms with Crippen LogP contribution >= 0.6 is 0 Å². The molecule has 26 heavy (non-hydrogen) atoms. The highest BCUT2D eigenvalue weighted by atomic mass is 16.2. The van der Waals surface area contributed by atoms with E-state index in [9.17, 15) is 9.59 Å². The van der Waals surface area contributed by atoms with E-state index < -0.39 is 0 Å². The molecule has 5 heteroatoms. The van der Waals surface area contributed by atoms with E-state index in [2.05, 4.69) is 18.8 Å². The number of amides is 2. The van der Waals surface area contributed by atoms with Crippen molar-refractivity contribution < 1.29 is 9.59 Å². The second-order valence-electron chi connectivity index (χ2n) is 7.73. The predicted octanol–water partition coefficient (Wildman–Crippen LogP) is 3.26. The maximum atomic E-state index is 12.9. The minimum absolute atomic E-state index is 0.0677. The summed E-state index contributed by atoms with van der Waals surface area (Å²) in [4.78, 5) is 32.7. The van der Waals surface area contributed by atoms with Crippen LogP contribution in [0.3, 0.4) is 0 Å². The van der Waals surface area contributed by atoms with Crippen LogP contribution in [-0.4, -0.2) is 52.8 Å². The van der Waals surface area contributed by atoms with Crippen LogP contribution in [0.1, 0.15) is 47.3 Å². The van der Waals surface area contributed by atoms with Gasteiger partial charge in [-0.25, -0.2) is 0 Å². The van der Waals surface area contributed by atoms with Gasteiger partial charge in [-0.3, -0.25) is 9.59 Å². The zero-order chi connectivity index (χ0) is 18.3. The van der Waals surface area contributed by atoms with Crippen LogP contribution < -0.4 is 0 Å². The summed E-state index contributed by atoms with van der Waals surface area (Å²) in [5.41, 5.74) is 4.14. The zero-order valence-corrected chi connectivity index (χ0v) is 15.7. The number of hydrogen-bond donors (Lipinski definition) is 1. The molecule has 1 saturated carbocycles. The Labute approximate surface area is 154 Å². The Morgan fingerprint density at radius 3 is 2.35 bits per heavy atom. The molecule has 2 amide bonds. The average Bonchev–Trinajstić information content (AvgIpc) is 3.30. The molecule has 1 aromatic carbocycles. The lowest BCUT2D eigenvalue weighted by Gasteiger charge is -2.36. The second-order valence-corrected chi connectivity index (χ2v) is 7.73. The number of carbonyl (C=O) groups excluding carboxylic acids is 2. The highest BCUT2D eigenvalue weighted by Crippen LogP contribution is 2.27. The van der Waals surface area contributed by atoms with Gasteiger partial charge in [0, 0.05) is 54.3 Å². The van der Waals surface area contributed by atoms with Crippen LogP contribution in [-0.2, 0) is 4.79 Å². The van der Waals surface area contributed by atoms with Crippen molar-refractivity contribution in [3.63, 3.8) is 0 Å². The predicted molar refractivity (Wildman–Crippen MR) is 102 cm³/mol. The summed E-state index contributed by atoms with van der Waals surface area (Å²) in [6, 6.07) is 5.88. The summed E-state index contributed by atoms with van der Waals surface area (Å²) in [6.45, 7) is 6.70. The minimum atomic E-state index is 0.0677. The third-order valence-corrected chi connectivity index (χ3v) is 6.14. The highest BCUT2D eigenvalue weighted by molar-refractivity contribution is 5.99. The van der Waals surface area contributed by atoms with Crippen molar-refractivity contribution >= 4 is 22.7 Å². The number of H-pyrrole nitrogens is 1. The van der Waals surface area contributed by atoms with Gasteiger partial charge in [-0.05, 0) is 50.5 Å². The van der Waals surface area contributed by atoms with Gasteiger partial charge in [-0.1, -0.05) is 12.8 Å². The number of fused-ring (bicyclic) bond motifs is 1. The molecule has 1 aliphatic carbocycles. The molecule has 2 heterocycles. The number of aromatic nitrogens is 1. The van der Waals surface area contributed by atoms with E-state index in [-0.39, 0.29) is 11.8 Å². The fourth-order valence-electron chi connectivity index (χ4n) is 4.34. The molecule has 0 bridgehead atoms. The Balaban J connectivity index is 1.43. The van der Waals surface area contributed by atoms with Gasteiger partial charge in [0.05, 0.1) is 0 Å². The van der Waals surface area contributed by atoms with Crippen LogP contribution in [0.4, 0.5) is 0 Å². The number of nitrogens with one attached hydrogen (secondary N) is 1. The number of piperazine rings is 1. The Morgan fingerprint density at radius 1 is 1.00 bits per heavy atom. The Bertz CT molecular complexity index is 840. The summed E-state index contributed by atoms with van der Waals surface area (Å²) < 4.78 is 0. The van der Waals surface area contributed by atoms with E-state index in [0.29, 0.717) is 32.1 Å². The van der Waals surface area contributed by atoms with E-state index in [0.717, 1.165) is 35.0 Å². The van der Waals surface area contributed by atoms with Crippen molar-refractivity contribution in [1.29, 1.82) is 0 Å². The Kier molecular flexibility index (Phi) is 4.47. The lowest BCUT2D eigenvalue weighted by atomic mass is 10.1. The fourth-order valence-corrected chi connectivity index (χ4v) is 4.34. The van der Waals surface area contributed by atoms with Gasteiger partial charge in [0.2, 0.25) is 5.91 Å². The lowest BCUT2D eigenvalue weighted by molar-refractivity contribution is -0.136. The first-order valence-electron chi connectivity index (χ1n) is 9.71. The number of aromatic amines is 1. The molecule has 1 aromatic heterocycles. The first kappa shape index (κ1) is 17.1. The first-order chi connectivity index (χ1) is 12.5. The van der Waals surface area contributed by atoms with E-state index >= 15 is 0 Å². The van der Waals surface area contributed by atoms with Gasteiger partial charge in [0.25, 0.3) is 5.91 Å². The molecular weight excluding hydrogens is 326 g/mol. The lowest BCUT2D eigenvalue weighted by Crippen LogP contribution is -2.51. The third kappa shape index (κ3) is 3.00. The summed E-state index contributed by atoms with van der Waals surface area (Å²) in [7, 11) is 0. The summed E-state index contributed by atoms with van der Waals surface area (Å²) in [5, 5.41) is 1.11. The van der Waals surface area contributed by atoms with Crippen LogP contribution in [0.25, 0.3) is 10.9 Å². The maximum Gasteiger partial charge on any atom is 0.253 e. The van der Waals surface area contributed by atoms with Gasteiger partial charge < -0.3 is 14.8 Å². The number of aryl methyl sites for hydroxylation is 2. The van der Waals surface area contributed by atoms with E-state index in [1.165, 1.54) is 18.4 Å². The third-order valence-electron chi connectivity index (χ3n) is 6.14. The van der Waals surface area contributed by atoms with Crippen molar-refractivity contribution in [2.75, 3.05) is 26.2 Å². The largest absolute Gasteiger partial charge is 0.358 e. The number of rotatable bonds is 2. The number of nitrogens with zero attached hydrogens (tertiary/aromatic N) is 2. The summed E-state index contributed by atoms with van der Waals surface area (Å²) >= 11 is 0. The zero-order valence-electron chi connectivity index (χ0n) is 15.7. The Morgan fingerprint density at radius 2 is 1.65 bits per heavy atom. The molecule has 1 N–H and O–H groups in total. The number of carbonyl (C=O) groups is 2. The van der Waals surface area contributed by atoms with E-state index in [1.807, 2.05) is 28.0 Å². The molecule has 0 radical (unpaired) electrons. The maximum absolute atomic E-state index is 12.9. The average molecular weight is 353 g/mol. The molecule has 0 atom stereocenters. The normalized spacial score (nSPS) is 18.7. The SMILES string of the molecule is Cc1[nH]c2ccc(C(=O)N3CCN(C(=O)C4CCCC4)CC3)cc2c1C. The van der Waals surface area contributed by atoms with Gasteiger partial charge in [0.15, 0.2) is 0 Å². The van der Waals surface area contributed by atoms with Crippen LogP contribution in [0.15, 0.2) is 18.2 Å². The van der Waals surface area contributed by atoms with Crippen LogP contribution in [0.5, 0.6) is 0 Å². The molecule has 2 aromatic rings. The molecular formula is C21H27N3O2. The molecule has 5 nitrogen and oxygen atoms in total. The summed E-state index contributed by atoms with van der Waals surface area (Å²) in [6.07, 6.45) is 4.42. The van der Waals surface area contributed by atoms with Crippen molar-refractivity contribution in [3.8, 4) is 0 Å². The highest BCUT2D eigenvalue weighted by Gasteiger charge is 2.30. The van der Waals surface area contributed by atoms with Gasteiger partial charge >= 0.3 is 0 Å². The first-order valence-corrected chi connectivity index (χ1v) is 9.71. The molecule has 1 aliphatic heterocycles. The molecule has 4 rings (SSSR count). The van der Waals surface area contributed by atoms with Crippen molar-refractivity contribution in [2.45, 2.75) is 39.5 Å². The monoisotopic (exact) mass is 353 g/mol. The molecule has 1 saturated heterocycles. The smallest absolute Gasteiger partial charge is 0.253 e. The van der Waals surface area contributed by atoms with Crippen molar-refractivity contribution in [2.24, 2.45) is 5.92 Å². The number of benzene rings is 1. The van der Waals surface area contributed by atoms with Gasteiger partial charge in [0.1, 0.15) is 0 Å². The molecule has 2 aliphatic rings. The fraction of sp³-hybridized carbons (Fsp3) is 0.524. The van der Waals surface area contributed by atoms with Crippen LogP contribution in [0.2, 0.25) is 0 Å². The van der Waals surface area contributed by atoms with Gasteiger partial charge in [-0.15, -0.1) is 0 Å².